The van der Waals surface area contributed by atoms with Gasteiger partial charge in [-0.05, 0) is 63.4 Å². The summed E-state index contributed by atoms with van der Waals surface area (Å²) in [6, 6.07) is 15.8. The minimum atomic E-state index is -0.371. The van der Waals surface area contributed by atoms with Gasteiger partial charge in [0.15, 0.2) is 0 Å². The fourth-order valence-corrected chi connectivity index (χ4v) is 3.62. The van der Waals surface area contributed by atoms with Crippen LogP contribution in [0.25, 0.3) is 0 Å². The standard InChI is InChI=1S/C26H30N2O3/c1-6-31-26(30)24-19(4)23(20(5)27-24)16-28(15-21-11-7-17(2)8-12-21)25(29)22-13-9-18(3)10-14-22/h7-14,27H,6,15-16H2,1-5H3. The minimum Gasteiger partial charge on any atom is -0.461 e. The highest BCUT2D eigenvalue weighted by Crippen LogP contribution is 2.23. The summed E-state index contributed by atoms with van der Waals surface area (Å²) in [4.78, 5) is 30.7. The maximum Gasteiger partial charge on any atom is 0.355 e. The molecule has 0 aliphatic rings. The first-order chi connectivity index (χ1) is 14.8. The zero-order chi connectivity index (χ0) is 22.5. The predicted molar refractivity (Wildman–Crippen MR) is 122 cm³/mol. The van der Waals surface area contributed by atoms with Crippen molar-refractivity contribution in [3.8, 4) is 0 Å². The van der Waals surface area contributed by atoms with Gasteiger partial charge in [-0.15, -0.1) is 0 Å². The second-order valence-corrected chi connectivity index (χ2v) is 7.96. The van der Waals surface area contributed by atoms with Gasteiger partial charge in [0.25, 0.3) is 5.91 Å². The Kier molecular flexibility index (Phi) is 6.95. The van der Waals surface area contributed by atoms with E-state index in [0.717, 1.165) is 27.9 Å². The van der Waals surface area contributed by atoms with E-state index in [1.165, 1.54) is 5.56 Å². The van der Waals surface area contributed by atoms with Gasteiger partial charge in [0.05, 0.1) is 6.61 Å². The highest BCUT2D eigenvalue weighted by atomic mass is 16.5. The van der Waals surface area contributed by atoms with Gasteiger partial charge in [0.2, 0.25) is 0 Å². The van der Waals surface area contributed by atoms with Crippen molar-refractivity contribution >= 4 is 11.9 Å². The topological polar surface area (TPSA) is 62.4 Å². The number of aromatic nitrogens is 1. The molecule has 0 fully saturated rings. The molecule has 5 heteroatoms. The molecule has 0 aliphatic heterocycles. The van der Waals surface area contributed by atoms with Crippen LogP contribution in [0.2, 0.25) is 0 Å². The fraction of sp³-hybridized carbons (Fsp3) is 0.308. The van der Waals surface area contributed by atoms with Crippen molar-refractivity contribution in [2.75, 3.05) is 6.61 Å². The van der Waals surface area contributed by atoms with Crippen LogP contribution >= 0.6 is 0 Å². The van der Waals surface area contributed by atoms with Gasteiger partial charge in [-0.3, -0.25) is 4.79 Å². The van der Waals surface area contributed by atoms with Crippen LogP contribution in [0.5, 0.6) is 0 Å². The van der Waals surface area contributed by atoms with Crippen LogP contribution in [0.1, 0.15) is 61.3 Å². The van der Waals surface area contributed by atoms with Crippen molar-refractivity contribution in [1.29, 1.82) is 0 Å². The number of nitrogens with zero attached hydrogens (tertiary/aromatic N) is 1. The number of H-pyrrole nitrogens is 1. The molecule has 0 unspecified atom stereocenters. The summed E-state index contributed by atoms with van der Waals surface area (Å²) >= 11 is 0. The SMILES string of the molecule is CCOC(=O)c1[nH]c(C)c(CN(Cc2ccc(C)cc2)C(=O)c2ccc(C)cc2)c1C. The molecule has 1 heterocycles. The third kappa shape index (κ3) is 5.23. The first-order valence-corrected chi connectivity index (χ1v) is 10.6. The van der Waals surface area contributed by atoms with Crippen LogP contribution in [-0.2, 0) is 17.8 Å². The van der Waals surface area contributed by atoms with Crippen LogP contribution in [0.4, 0.5) is 0 Å². The summed E-state index contributed by atoms with van der Waals surface area (Å²) in [6.07, 6.45) is 0. The van der Waals surface area contributed by atoms with E-state index in [1.54, 1.807) is 6.92 Å². The van der Waals surface area contributed by atoms with Crippen molar-refractivity contribution in [3.05, 3.63) is 93.3 Å². The third-order valence-electron chi connectivity index (χ3n) is 5.50. The Morgan fingerprint density at radius 1 is 0.871 bits per heavy atom. The number of esters is 1. The second kappa shape index (κ2) is 9.65. The number of carbonyl (C=O) groups is 2. The quantitative estimate of drug-likeness (QED) is 0.532. The number of ether oxygens (including phenoxy) is 1. The maximum atomic E-state index is 13.4. The Balaban J connectivity index is 1.94. The summed E-state index contributed by atoms with van der Waals surface area (Å²) < 4.78 is 5.17. The molecule has 0 radical (unpaired) electrons. The first kappa shape index (κ1) is 22.3. The largest absolute Gasteiger partial charge is 0.461 e. The Labute approximate surface area is 184 Å². The molecule has 3 aromatic rings. The zero-order valence-corrected chi connectivity index (χ0v) is 18.9. The average Bonchev–Trinajstić information content (AvgIpc) is 3.03. The van der Waals surface area contributed by atoms with Crippen molar-refractivity contribution in [3.63, 3.8) is 0 Å². The smallest absolute Gasteiger partial charge is 0.355 e. The monoisotopic (exact) mass is 418 g/mol. The van der Waals surface area contributed by atoms with Gasteiger partial charge in [-0.25, -0.2) is 4.79 Å². The number of amides is 1. The molecule has 5 nitrogen and oxygen atoms in total. The molecule has 3 rings (SSSR count). The van der Waals surface area contributed by atoms with Crippen LogP contribution in [0.15, 0.2) is 48.5 Å². The highest BCUT2D eigenvalue weighted by molar-refractivity contribution is 5.94. The maximum absolute atomic E-state index is 13.4. The Bertz CT molecular complexity index is 1060. The molecule has 0 saturated heterocycles. The van der Waals surface area contributed by atoms with Gasteiger partial charge in [-0.1, -0.05) is 47.5 Å². The third-order valence-corrected chi connectivity index (χ3v) is 5.50. The van der Waals surface area contributed by atoms with Gasteiger partial charge < -0.3 is 14.6 Å². The van der Waals surface area contributed by atoms with E-state index >= 15 is 0 Å². The molecule has 0 saturated carbocycles. The molecular weight excluding hydrogens is 388 g/mol. The lowest BCUT2D eigenvalue weighted by Gasteiger charge is -2.24. The van der Waals surface area contributed by atoms with Gasteiger partial charge >= 0.3 is 5.97 Å². The van der Waals surface area contributed by atoms with Crippen LogP contribution in [-0.4, -0.2) is 28.4 Å². The molecule has 1 amide bonds. The van der Waals surface area contributed by atoms with Crippen molar-refractivity contribution in [2.24, 2.45) is 0 Å². The molecule has 162 valence electrons. The number of aryl methyl sites for hydroxylation is 3. The Hall–Kier alpha value is -3.34. The normalized spacial score (nSPS) is 10.7. The molecule has 1 aromatic heterocycles. The predicted octanol–water partition coefficient (Wildman–Crippen LogP) is 5.27. The van der Waals surface area contributed by atoms with Crippen LogP contribution < -0.4 is 0 Å². The summed E-state index contributed by atoms with van der Waals surface area (Å²) in [5.74, 6) is -0.414. The van der Waals surface area contributed by atoms with Crippen LogP contribution in [0, 0.1) is 27.7 Å². The first-order valence-electron chi connectivity index (χ1n) is 10.6. The van der Waals surface area contributed by atoms with Gasteiger partial charge in [-0.2, -0.15) is 0 Å². The van der Waals surface area contributed by atoms with E-state index in [-0.39, 0.29) is 11.9 Å². The number of carbonyl (C=O) groups excluding carboxylic acids is 2. The molecule has 2 aromatic carbocycles. The molecule has 31 heavy (non-hydrogen) atoms. The number of hydrogen-bond donors (Lipinski definition) is 1. The molecule has 1 N–H and O–H groups in total. The molecule has 0 spiro atoms. The number of aromatic amines is 1. The number of benzene rings is 2. The zero-order valence-electron chi connectivity index (χ0n) is 18.9. The summed E-state index contributed by atoms with van der Waals surface area (Å²) in [7, 11) is 0. The van der Waals surface area contributed by atoms with E-state index in [0.29, 0.717) is 31.0 Å². The summed E-state index contributed by atoms with van der Waals surface area (Å²) in [5.41, 5.74) is 7.07. The second-order valence-electron chi connectivity index (χ2n) is 7.96. The van der Waals surface area contributed by atoms with Crippen LogP contribution in [0.3, 0.4) is 0 Å². The van der Waals surface area contributed by atoms with E-state index in [2.05, 4.69) is 17.1 Å². The van der Waals surface area contributed by atoms with E-state index in [4.69, 9.17) is 4.74 Å². The molecule has 0 atom stereocenters. The van der Waals surface area contributed by atoms with Crippen molar-refractivity contribution < 1.29 is 14.3 Å². The van der Waals surface area contributed by atoms with Gasteiger partial charge in [0, 0.05) is 24.3 Å². The highest BCUT2D eigenvalue weighted by Gasteiger charge is 2.23. The molecular formula is C26H30N2O3. The number of hydrogen-bond acceptors (Lipinski definition) is 3. The summed E-state index contributed by atoms with van der Waals surface area (Å²) in [5, 5.41) is 0. The lowest BCUT2D eigenvalue weighted by atomic mass is 10.1. The molecule has 0 aliphatic carbocycles. The number of rotatable bonds is 7. The fourth-order valence-electron chi connectivity index (χ4n) is 3.62. The number of nitrogens with one attached hydrogen (secondary N) is 1. The Morgan fingerprint density at radius 2 is 1.45 bits per heavy atom. The lowest BCUT2D eigenvalue weighted by Crippen LogP contribution is -2.30. The van der Waals surface area contributed by atoms with Gasteiger partial charge in [0.1, 0.15) is 5.69 Å². The molecule has 0 bridgehead atoms. The summed E-state index contributed by atoms with van der Waals surface area (Å²) in [6.45, 7) is 10.8. The van der Waals surface area contributed by atoms with E-state index in [9.17, 15) is 9.59 Å². The average molecular weight is 419 g/mol. The van der Waals surface area contributed by atoms with Crippen molar-refractivity contribution in [2.45, 2.75) is 47.7 Å². The minimum absolute atomic E-state index is 0.0433. The Morgan fingerprint density at radius 3 is 2.03 bits per heavy atom. The van der Waals surface area contributed by atoms with E-state index in [1.807, 2.05) is 69.0 Å². The lowest BCUT2D eigenvalue weighted by molar-refractivity contribution is 0.0519. The van der Waals surface area contributed by atoms with E-state index < -0.39 is 0 Å². The van der Waals surface area contributed by atoms with Crippen molar-refractivity contribution in [1.82, 2.24) is 9.88 Å².